The Hall–Kier alpha value is -1.58. The molecule has 2 aromatic carbocycles. The lowest BCUT2D eigenvalue weighted by atomic mass is 10.0. The highest BCUT2D eigenvalue weighted by Gasteiger charge is 2.15. The molecule has 0 amide bonds. The monoisotopic (exact) mass is 286 g/mol. The Bertz CT molecular complexity index is 590. The summed E-state index contributed by atoms with van der Waals surface area (Å²) in [6.45, 7) is 3.95. The van der Waals surface area contributed by atoms with Gasteiger partial charge < -0.3 is 5.11 Å². The molecule has 0 aliphatic heterocycles. The van der Waals surface area contributed by atoms with E-state index in [1.807, 2.05) is 62.4 Å². The average molecular weight is 286 g/mol. The van der Waals surface area contributed by atoms with Crippen molar-refractivity contribution in [3.8, 4) is 0 Å². The molecule has 2 nitrogen and oxygen atoms in total. The third kappa shape index (κ3) is 3.95. The number of rotatable bonds is 4. The molecule has 2 rings (SSSR count). The number of benzene rings is 2. The maximum Gasteiger partial charge on any atom is 0.196 e. The van der Waals surface area contributed by atoms with Crippen LogP contribution in [0, 0.1) is 13.8 Å². The van der Waals surface area contributed by atoms with Gasteiger partial charge >= 0.3 is 0 Å². The smallest absolute Gasteiger partial charge is 0.196 e. The van der Waals surface area contributed by atoms with Crippen LogP contribution in [0.4, 0.5) is 0 Å². The zero-order valence-electron chi connectivity index (χ0n) is 11.7. The third-order valence-corrected chi connectivity index (χ3v) is 4.06. The summed E-state index contributed by atoms with van der Waals surface area (Å²) >= 11 is 1.18. The van der Waals surface area contributed by atoms with Gasteiger partial charge in [0, 0.05) is 11.3 Å². The third-order valence-electron chi connectivity index (χ3n) is 3.16. The van der Waals surface area contributed by atoms with Gasteiger partial charge in [0.05, 0.1) is 6.10 Å². The Labute approximate surface area is 123 Å². The molecule has 0 aliphatic rings. The summed E-state index contributed by atoms with van der Waals surface area (Å²) in [5.41, 5.74) is 3.00. The minimum absolute atomic E-state index is 0.0235. The van der Waals surface area contributed by atoms with Gasteiger partial charge in [0.1, 0.15) is 0 Å². The molecule has 0 radical (unpaired) electrons. The molecule has 0 heterocycles. The SMILES string of the molecule is Cc1ccc(SC(=O)C[C@@H](O)c2ccccc2C)cc1. The van der Waals surface area contributed by atoms with E-state index in [0.717, 1.165) is 16.0 Å². The summed E-state index contributed by atoms with van der Waals surface area (Å²) in [6, 6.07) is 15.4. The fraction of sp³-hybridized carbons (Fsp3) is 0.235. The second-order valence-corrected chi connectivity index (χ2v) is 5.99. The molecule has 0 aromatic heterocycles. The van der Waals surface area contributed by atoms with Crippen LogP contribution in [-0.4, -0.2) is 10.2 Å². The minimum atomic E-state index is -0.735. The van der Waals surface area contributed by atoms with Gasteiger partial charge in [-0.15, -0.1) is 0 Å². The van der Waals surface area contributed by atoms with Crippen LogP contribution in [0.1, 0.15) is 29.2 Å². The van der Waals surface area contributed by atoms with Gasteiger partial charge in [-0.3, -0.25) is 4.79 Å². The first-order valence-corrected chi connectivity index (χ1v) is 7.39. The van der Waals surface area contributed by atoms with Crippen molar-refractivity contribution in [2.24, 2.45) is 0 Å². The topological polar surface area (TPSA) is 37.3 Å². The second kappa shape index (κ2) is 6.73. The summed E-state index contributed by atoms with van der Waals surface area (Å²) in [4.78, 5) is 12.9. The van der Waals surface area contributed by atoms with Crippen molar-refractivity contribution in [3.63, 3.8) is 0 Å². The van der Waals surface area contributed by atoms with Crippen LogP contribution in [-0.2, 0) is 4.79 Å². The standard InChI is InChI=1S/C17H18O2S/c1-12-7-9-14(10-8-12)20-17(19)11-16(18)15-6-4-3-5-13(15)2/h3-10,16,18H,11H2,1-2H3/t16-/m1/s1. The fourth-order valence-corrected chi connectivity index (χ4v) is 2.78. The van der Waals surface area contributed by atoms with E-state index in [1.165, 1.54) is 17.3 Å². The summed E-state index contributed by atoms with van der Waals surface area (Å²) in [5, 5.41) is 10.1. The molecule has 0 bridgehead atoms. The zero-order chi connectivity index (χ0) is 14.5. The van der Waals surface area contributed by atoms with Crippen molar-refractivity contribution in [1.82, 2.24) is 0 Å². The van der Waals surface area contributed by atoms with Gasteiger partial charge in [-0.2, -0.15) is 0 Å². The maximum atomic E-state index is 12.0. The van der Waals surface area contributed by atoms with Gasteiger partial charge in [-0.1, -0.05) is 53.7 Å². The van der Waals surface area contributed by atoms with E-state index < -0.39 is 6.10 Å². The minimum Gasteiger partial charge on any atom is -0.388 e. The van der Waals surface area contributed by atoms with Gasteiger partial charge in [-0.05, 0) is 37.1 Å². The van der Waals surface area contributed by atoms with E-state index in [4.69, 9.17) is 0 Å². The van der Waals surface area contributed by atoms with Crippen molar-refractivity contribution in [2.45, 2.75) is 31.3 Å². The Balaban J connectivity index is 1.98. The van der Waals surface area contributed by atoms with E-state index in [9.17, 15) is 9.90 Å². The molecule has 0 aliphatic carbocycles. The number of hydrogen-bond donors (Lipinski definition) is 1. The summed E-state index contributed by atoms with van der Waals surface area (Å²) < 4.78 is 0. The van der Waals surface area contributed by atoms with Gasteiger partial charge in [0.2, 0.25) is 0 Å². The quantitative estimate of drug-likeness (QED) is 0.862. The van der Waals surface area contributed by atoms with Crippen molar-refractivity contribution in [2.75, 3.05) is 0 Å². The Kier molecular flexibility index (Phi) is 4.99. The first kappa shape index (κ1) is 14.8. The number of aliphatic hydroxyl groups excluding tert-OH is 1. The largest absolute Gasteiger partial charge is 0.388 e. The summed E-state index contributed by atoms with van der Waals surface area (Å²) in [5.74, 6) is 0. The lowest BCUT2D eigenvalue weighted by molar-refractivity contribution is -0.112. The summed E-state index contributed by atoms with van der Waals surface area (Å²) in [7, 11) is 0. The average Bonchev–Trinajstić information content (AvgIpc) is 2.41. The molecule has 0 unspecified atom stereocenters. The Morgan fingerprint density at radius 2 is 1.75 bits per heavy atom. The van der Waals surface area contributed by atoms with E-state index in [0.29, 0.717) is 0 Å². The molecule has 0 saturated heterocycles. The normalized spacial score (nSPS) is 12.2. The Morgan fingerprint density at radius 3 is 2.40 bits per heavy atom. The van der Waals surface area contributed by atoms with Gasteiger partial charge in [-0.25, -0.2) is 0 Å². The highest BCUT2D eigenvalue weighted by molar-refractivity contribution is 8.13. The second-order valence-electron chi connectivity index (χ2n) is 4.86. The van der Waals surface area contributed by atoms with Gasteiger partial charge in [0.15, 0.2) is 5.12 Å². The van der Waals surface area contributed by atoms with E-state index in [-0.39, 0.29) is 11.5 Å². The molecule has 0 spiro atoms. The number of hydrogen-bond acceptors (Lipinski definition) is 3. The number of aryl methyl sites for hydroxylation is 2. The molecule has 0 fully saturated rings. The Morgan fingerprint density at radius 1 is 1.10 bits per heavy atom. The van der Waals surface area contributed by atoms with Crippen molar-refractivity contribution >= 4 is 16.9 Å². The van der Waals surface area contributed by atoms with Crippen LogP contribution in [0.25, 0.3) is 0 Å². The highest BCUT2D eigenvalue weighted by atomic mass is 32.2. The molecule has 104 valence electrons. The number of aliphatic hydroxyl groups is 1. The molecule has 3 heteroatoms. The number of thioether (sulfide) groups is 1. The maximum absolute atomic E-state index is 12.0. The molecular formula is C17H18O2S. The summed E-state index contributed by atoms with van der Waals surface area (Å²) in [6.07, 6.45) is -0.606. The van der Waals surface area contributed by atoms with E-state index >= 15 is 0 Å². The predicted octanol–water partition coefficient (Wildman–Crippen LogP) is 4.05. The molecule has 2 aromatic rings. The van der Waals surface area contributed by atoms with Crippen LogP contribution in [0.5, 0.6) is 0 Å². The molecule has 20 heavy (non-hydrogen) atoms. The lowest BCUT2D eigenvalue weighted by Gasteiger charge is -2.12. The van der Waals surface area contributed by atoms with Crippen molar-refractivity contribution < 1.29 is 9.90 Å². The van der Waals surface area contributed by atoms with Crippen LogP contribution < -0.4 is 0 Å². The highest BCUT2D eigenvalue weighted by Crippen LogP contribution is 2.26. The van der Waals surface area contributed by atoms with Crippen molar-refractivity contribution in [1.29, 1.82) is 0 Å². The van der Waals surface area contributed by atoms with Crippen LogP contribution in [0.3, 0.4) is 0 Å². The predicted molar refractivity (Wildman–Crippen MR) is 82.8 cm³/mol. The first-order chi connectivity index (χ1) is 9.56. The van der Waals surface area contributed by atoms with E-state index in [1.54, 1.807) is 0 Å². The molecule has 1 atom stereocenters. The number of carbonyl (C=O) groups excluding carboxylic acids is 1. The molecule has 0 saturated carbocycles. The van der Waals surface area contributed by atoms with Crippen LogP contribution in [0.2, 0.25) is 0 Å². The van der Waals surface area contributed by atoms with Crippen molar-refractivity contribution in [3.05, 3.63) is 65.2 Å². The molecule has 1 N–H and O–H groups in total. The zero-order valence-corrected chi connectivity index (χ0v) is 12.5. The lowest BCUT2D eigenvalue weighted by Crippen LogP contribution is -2.05. The first-order valence-electron chi connectivity index (χ1n) is 6.57. The number of carbonyl (C=O) groups is 1. The van der Waals surface area contributed by atoms with Gasteiger partial charge in [0.25, 0.3) is 0 Å². The van der Waals surface area contributed by atoms with E-state index in [2.05, 4.69) is 0 Å². The fourth-order valence-electron chi connectivity index (χ4n) is 2.01. The van der Waals surface area contributed by atoms with Crippen LogP contribution >= 0.6 is 11.8 Å². The van der Waals surface area contributed by atoms with Crippen LogP contribution in [0.15, 0.2) is 53.4 Å². The molecular weight excluding hydrogens is 268 g/mol.